The third kappa shape index (κ3) is 4.47. The van der Waals surface area contributed by atoms with Crippen molar-refractivity contribution in [2.45, 2.75) is 20.3 Å². The van der Waals surface area contributed by atoms with E-state index in [4.69, 9.17) is 0 Å². The van der Waals surface area contributed by atoms with E-state index in [2.05, 4.69) is 71.8 Å². The summed E-state index contributed by atoms with van der Waals surface area (Å²) in [4.78, 5) is 4.35. The van der Waals surface area contributed by atoms with E-state index in [0.29, 0.717) is 0 Å². The van der Waals surface area contributed by atoms with Crippen LogP contribution in [0.1, 0.15) is 24.5 Å². The molecule has 0 amide bonds. The van der Waals surface area contributed by atoms with E-state index in [1.54, 1.807) is 0 Å². The zero-order valence-electron chi connectivity index (χ0n) is 9.91. The highest BCUT2D eigenvalue weighted by molar-refractivity contribution is 14.1. The third-order valence-corrected chi connectivity index (χ3v) is 3.18. The molecule has 0 atom stereocenters. The largest absolute Gasteiger partial charge is 0.293 e. The van der Waals surface area contributed by atoms with Crippen molar-refractivity contribution in [1.82, 2.24) is 0 Å². The van der Waals surface area contributed by atoms with Crippen molar-refractivity contribution in [3.05, 3.63) is 41.5 Å². The minimum atomic E-state index is 0.931. The minimum Gasteiger partial charge on any atom is -0.293 e. The van der Waals surface area contributed by atoms with Gasteiger partial charge in [-0.15, -0.1) is 0 Å². The Bertz CT molecular complexity index is 380. The van der Waals surface area contributed by atoms with Gasteiger partial charge in [0.25, 0.3) is 0 Å². The summed E-state index contributed by atoms with van der Waals surface area (Å²) in [6, 6.07) is 8.44. The Morgan fingerprint density at radius 1 is 1.38 bits per heavy atom. The van der Waals surface area contributed by atoms with Gasteiger partial charge >= 0.3 is 0 Å². The van der Waals surface area contributed by atoms with Crippen molar-refractivity contribution in [2.24, 2.45) is 4.99 Å². The van der Waals surface area contributed by atoms with Crippen molar-refractivity contribution in [2.75, 3.05) is 11.0 Å². The number of aliphatic imine (C=N–C) groups is 1. The van der Waals surface area contributed by atoms with Crippen LogP contribution in [-0.4, -0.2) is 17.2 Å². The average molecular weight is 327 g/mol. The first-order chi connectivity index (χ1) is 7.75. The molecule has 0 bridgehead atoms. The van der Waals surface area contributed by atoms with Crippen LogP contribution >= 0.6 is 22.6 Å². The first-order valence-corrected chi connectivity index (χ1v) is 7.07. The van der Waals surface area contributed by atoms with Crippen LogP contribution in [-0.2, 0) is 0 Å². The van der Waals surface area contributed by atoms with E-state index in [1.165, 1.54) is 21.1 Å². The molecule has 1 aromatic rings. The monoisotopic (exact) mass is 327 g/mol. The summed E-state index contributed by atoms with van der Waals surface area (Å²) >= 11 is 2.38. The Balaban J connectivity index is 2.64. The first kappa shape index (κ1) is 13.4. The quantitative estimate of drug-likeness (QED) is 0.331. The summed E-state index contributed by atoms with van der Waals surface area (Å²) in [5.74, 6) is 0. The highest BCUT2D eigenvalue weighted by Gasteiger charge is 1.97. The van der Waals surface area contributed by atoms with Gasteiger partial charge in [0.2, 0.25) is 0 Å². The lowest BCUT2D eigenvalue weighted by Gasteiger charge is -2.04. The zero-order valence-corrected chi connectivity index (χ0v) is 12.1. The number of rotatable bonds is 5. The van der Waals surface area contributed by atoms with Crippen molar-refractivity contribution < 1.29 is 0 Å². The maximum atomic E-state index is 4.35. The maximum absolute atomic E-state index is 4.35. The fourth-order valence-corrected chi connectivity index (χ4v) is 1.84. The second-order valence-electron chi connectivity index (χ2n) is 3.76. The number of allylic oxidation sites excluding steroid dienone is 2. The Labute approximate surface area is 112 Å². The smallest absolute Gasteiger partial charge is 0.0396 e. The Hall–Kier alpha value is -0.640. The molecule has 0 aliphatic heterocycles. The Kier molecular flexibility index (Phi) is 6.38. The summed E-state index contributed by atoms with van der Waals surface area (Å²) in [6.07, 6.45) is 5.18. The molecule has 1 nitrogen and oxygen atoms in total. The van der Waals surface area contributed by atoms with Crippen LogP contribution in [0, 0.1) is 6.92 Å². The molecule has 0 aliphatic carbocycles. The predicted molar refractivity (Wildman–Crippen MR) is 81.7 cm³/mol. The molecule has 86 valence electrons. The minimum absolute atomic E-state index is 0.931. The van der Waals surface area contributed by atoms with Gasteiger partial charge in [0.15, 0.2) is 0 Å². The molecule has 0 N–H and O–H groups in total. The Morgan fingerprint density at radius 2 is 2.12 bits per heavy atom. The maximum Gasteiger partial charge on any atom is 0.0396 e. The van der Waals surface area contributed by atoms with Gasteiger partial charge in [-0.3, -0.25) is 4.99 Å². The summed E-state index contributed by atoms with van der Waals surface area (Å²) in [7, 11) is 0. The van der Waals surface area contributed by atoms with Crippen LogP contribution in [0.4, 0.5) is 0 Å². The number of hydrogen-bond donors (Lipinski definition) is 0. The number of alkyl halides is 1. The van der Waals surface area contributed by atoms with E-state index in [9.17, 15) is 0 Å². The highest BCUT2D eigenvalue weighted by Crippen LogP contribution is 2.16. The molecule has 0 saturated heterocycles. The molecule has 0 fully saturated rings. The number of hydrogen-bond acceptors (Lipinski definition) is 1. The molecule has 0 heterocycles. The number of nitrogens with zero attached hydrogens (tertiary/aromatic N) is 1. The second-order valence-corrected chi connectivity index (χ2v) is 4.84. The zero-order chi connectivity index (χ0) is 11.8. The summed E-state index contributed by atoms with van der Waals surface area (Å²) in [5.41, 5.74) is 3.90. The molecule has 0 radical (unpaired) electrons. The lowest BCUT2D eigenvalue weighted by atomic mass is 10.0. The lowest BCUT2D eigenvalue weighted by molar-refractivity contribution is 0.961. The fourth-order valence-electron chi connectivity index (χ4n) is 1.50. The van der Waals surface area contributed by atoms with Gasteiger partial charge in [-0.2, -0.15) is 0 Å². The van der Waals surface area contributed by atoms with Crippen molar-refractivity contribution in [1.29, 1.82) is 0 Å². The topological polar surface area (TPSA) is 12.4 Å². The Morgan fingerprint density at radius 3 is 2.81 bits per heavy atom. The molecular weight excluding hydrogens is 309 g/mol. The fraction of sp³-hybridized carbons (Fsp3) is 0.357. The standard InChI is InChI=1S/C14H18IN/c1-12-6-3-4-7-14(12)13(2)8-11-16-10-5-9-15/h3-4,6-8,11H,5,9-10H2,1-2H3/b13-8-,16-11?. The van der Waals surface area contributed by atoms with Gasteiger partial charge in [0.1, 0.15) is 0 Å². The molecule has 0 unspecified atom stereocenters. The first-order valence-electron chi connectivity index (χ1n) is 5.54. The number of halogens is 1. The lowest BCUT2D eigenvalue weighted by Crippen LogP contribution is -1.86. The second kappa shape index (κ2) is 7.60. The van der Waals surface area contributed by atoms with Crippen LogP contribution in [0.3, 0.4) is 0 Å². The van der Waals surface area contributed by atoms with Crippen molar-refractivity contribution in [3.8, 4) is 0 Å². The predicted octanol–water partition coefficient (Wildman–Crippen LogP) is 4.29. The molecular formula is C14H18IN. The summed E-state index contributed by atoms with van der Waals surface area (Å²) in [6.45, 7) is 5.20. The van der Waals surface area contributed by atoms with Crippen LogP contribution in [0.25, 0.3) is 5.57 Å². The van der Waals surface area contributed by atoms with Crippen LogP contribution < -0.4 is 0 Å². The van der Waals surface area contributed by atoms with Gasteiger partial charge in [0.05, 0.1) is 0 Å². The average Bonchev–Trinajstić information content (AvgIpc) is 2.29. The van der Waals surface area contributed by atoms with Gasteiger partial charge in [-0.1, -0.05) is 46.9 Å². The van der Waals surface area contributed by atoms with Crippen LogP contribution in [0.5, 0.6) is 0 Å². The molecule has 0 spiro atoms. The van der Waals surface area contributed by atoms with E-state index in [-0.39, 0.29) is 0 Å². The van der Waals surface area contributed by atoms with Crippen LogP contribution in [0.15, 0.2) is 35.3 Å². The molecule has 0 aliphatic rings. The van der Waals surface area contributed by atoms with Crippen LogP contribution in [0.2, 0.25) is 0 Å². The molecule has 0 saturated carbocycles. The van der Waals surface area contributed by atoms with E-state index in [0.717, 1.165) is 13.0 Å². The van der Waals surface area contributed by atoms with Crippen molar-refractivity contribution in [3.63, 3.8) is 0 Å². The van der Waals surface area contributed by atoms with E-state index < -0.39 is 0 Å². The van der Waals surface area contributed by atoms with E-state index >= 15 is 0 Å². The molecule has 2 heteroatoms. The number of benzene rings is 1. The molecule has 0 aromatic heterocycles. The molecule has 1 aromatic carbocycles. The third-order valence-electron chi connectivity index (χ3n) is 2.42. The van der Waals surface area contributed by atoms with Crippen molar-refractivity contribution >= 4 is 34.4 Å². The molecule has 16 heavy (non-hydrogen) atoms. The SMILES string of the molecule is C/C(=C/C=NCCCI)c1ccccc1C. The molecule has 1 rings (SSSR count). The highest BCUT2D eigenvalue weighted by atomic mass is 127. The van der Waals surface area contributed by atoms with E-state index in [1.807, 2.05) is 6.21 Å². The van der Waals surface area contributed by atoms with Gasteiger partial charge in [-0.05, 0) is 43.0 Å². The summed E-state index contributed by atoms with van der Waals surface area (Å²) in [5, 5.41) is 0. The summed E-state index contributed by atoms with van der Waals surface area (Å²) < 4.78 is 1.18. The van der Waals surface area contributed by atoms with Gasteiger partial charge in [-0.25, -0.2) is 0 Å². The van der Waals surface area contributed by atoms with Gasteiger partial charge < -0.3 is 0 Å². The number of aryl methyl sites for hydroxylation is 1. The van der Waals surface area contributed by atoms with Gasteiger partial charge in [0, 0.05) is 17.2 Å². The normalized spacial score (nSPS) is 12.3.